The van der Waals surface area contributed by atoms with Crippen LogP contribution in [0.15, 0.2) is 85.1 Å². The number of aromatic nitrogens is 1. The fourth-order valence-corrected chi connectivity index (χ4v) is 4.28. The van der Waals surface area contributed by atoms with Crippen molar-refractivity contribution in [2.75, 3.05) is 5.32 Å². The van der Waals surface area contributed by atoms with E-state index in [9.17, 15) is 4.39 Å². The van der Waals surface area contributed by atoms with E-state index in [2.05, 4.69) is 65.0 Å². The quantitative estimate of drug-likeness (QED) is 0.273. The van der Waals surface area contributed by atoms with Crippen molar-refractivity contribution in [2.24, 2.45) is 0 Å². The largest absolute Gasteiger partial charge is 0.345 e. The van der Waals surface area contributed by atoms with Crippen LogP contribution in [0.25, 0.3) is 0 Å². The van der Waals surface area contributed by atoms with Crippen molar-refractivity contribution >= 4 is 34.6 Å². The molecule has 1 aromatic heterocycles. The molecule has 3 aromatic carbocycles. The maximum absolute atomic E-state index is 13.5. The SMILES string of the molecule is Cc1ccc(NC(=S)N(Cc2ccccc2)Cc2cccn2Cc2ccc(F)cc2Cl)cc1C. The molecule has 0 saturated carbocycles. The molecule has 3 nitrogen and oxygen atoms in total. The third-order valence-corrected chi connectivity index (χ3v) is 6.61. The molecule has 1 heterocycles. The Labute approximate surface area is 210 Å². The number of anilines is 1. The molecule has 0 unspecified atom stereocenters. The molecular weight excluding hydrogens is 465 g/mol. The van der Waals surface area contributed by atoms with E-state index in [1.54, 1.807) is 6.07 Å². The molecule has 0 aliphatic carbocycles. The molecule has 0 aliphatic rings. The summed E-state index contributed by atoms with van der Waals surface area (Å²) in [6.07, 6.45) is 2.01. The first-order chi connectivity index (χ1) is 16.4. The highest BCUT2D eigenvalue weighted by Crippen LogP contribution is 2.21. The third kappa shape index (κ3) is 6.04. The number of aryl methyl sites for hydroxylation is 2. The van der Waals surface area contributed by atoms with Gasteiger partial charge in [-0.1, -0.05) is 54.1 Å². The summed E-state index contributed by atoms with van der Waals surface area (Å²) < 4.78 is 15.6. The number of rotatable bonds is 7. The second-order valence-electron chi connectivity index (χ2n) is 8.43. The minimum absolute atomic E-state index is 0.335. The summed E-state index contributed by atoms with van der Waals surface area (Å²) in [4.78, 5) is 2.15. The van der Waals surface area contributed by atoms with Crippen molar-refractivity contribution in [3.8, 4) is 0 Å². The van der Waals surface area contributed by atoms with Crippen molar-refractivity contribution in [1.29, 1.82) is 0 Å². The smallest absolute Gasteiger partial charge is 0.174 e. The van der Waals surface area contributed by atoms with Gasteiger partial charge in [-0.2, -0.15) is 0 Å². The van der Waals surface area contributed by atoms with Crippen molar-refractivity contribution in [3.63, 3.8) is 0 Å². The van der Waals surface area contributed by atoms with Crippen LogP contribution in [0.5, 0.6) is 0 Å². The lowest BCUT2D eigenvalue weighted by atomic mass is 10.1. The minimum atomic E-state index is -0.335. The first-order valence-electron chi connectivity index (χ1n) is 11.1. The molecular formula is C28H27ClFN3S. The number of thiocarbonyl (C=S) groups is 1. The van der Waals surface area contributed by atoms with E-state index in [-0.39, 0.29) is 5.82 Å². The summed E-state index contributed by atoms with van der Waals surface area (Å²) in [6.45, 7) is 6.02. The molecule has 6 heteroatoms. The van der Waals surface area contributed by atoms with Crippen LogP contribution in [0, 0.1) is 19.7 Å². The van der Waals surface area contributed by atoms with E-state index in [0.717, 1.165) is 16.9 Å². The van der Waals surface area contributed by atoms with Crippen molar-refractivity contribution in [1.82, 2.24) is 9.47 Å². The molecule has 4 aromatic rings. The van der Waals surface area contributed by atoms with Gasteiger partial charge in [-0.05, 0) is 84.7 Å². The Morgan fingerprint density at radius 1 is 0.941 bits per heavy atom. The van der Waals surface area contributed by atoms with Crippen LogP contribution in [-0.4, -0.2) is 14.6 Å². The average Bonchev–Trinajstić information content (AvgIpc) is 3.25. The van der Waals surface area contributed by atoms with E-state index in [1.807, 2.05) is 30.5 Å². The van der Waals surface area contributed by atoms with E-state index in [4.69, 9.17) is 23.8 Å². The number of hydrogen-bond acceptors (Lipinski definition) is 1. The molecule has 0 amide bonds. The highest BCUT2D eigenvalue weighted by molar-refractivity contribution is 7.80. The van der Waals surface area contributed by atoms with Gasteiger partial charge in [0.15, 0.2) is 5.11 Å². The Hall–Kier alpha value is -3.15. The van der Waals surface area contributed by atoms with Crippen LogP contribution < -0.4 is 5.32 Å². The van der Waals surface area contributed by atoms with Crippen LogP contribution in [-0.2, 0) is 19.6 Å². The zero-order valence-corrected chi connectivity index (χ0v) is 20.8. The molecule has 0 bridgehead atoms. The second-order valence-corrected chi connectivity index (χ2v) is 9.23. The molecule has 0 spiro atoms. The number of hydrogen-bond donors (Lipinski definition) is 1. The summed E-state index contributed by atoms with van der Waals surface area (Å²) >= 11 is 12.1. The average molecular weight is 492 g/mol. The fourth-order valence-electron chi connectivity index (χ4n) is 3.80. The molecule has 0 atom stereocenters. The summed E-state index contributed by atoms with van der Waals surface area (Å²) in [5, 5.41) is 4.49. The number of benzene rings is 3. The van der Waals surface area contributed by atoms with Crippen LogP contribution in [0.2, 0.25) is 5.02 Å². The fraction of sp³-hybridized carbons (Fsp3) is 0.179. The lowest BCUT2D eigenvalue weighted by Crippen LogP contribution is -2.34. The Balaban J connectivity index is 1.57. The van der Waals surface area contributed by atoms with Crippen LogP contribution in [0.1, 0.15) is 27.9 Å². The van der Waals surface area contributed by atoms with Gasteiger partial charge in [0, 0.05) is 35.7 Å². The van der Waals surface area contributed by atoms with Crippen molar-refractivity contribution < 1.29 is 4.39 Å². The Bertz CT molecular complexity index is 1290. The molecule has 174 valence electrons. The van der Waals surface area contributed by atoms with Crippen LogP contribution in [0.4, 0.5) is 10.1 Å². The van der Waals surface area contributed by atoms with Crippen LogP contribution in [0.3, 0.4) is 0 Å². The molecule has 0 fully saturated rings. The lowest BCUT2D eigenvalue weighted by molar-refractivity contribution is 0.399. The number of halogens is 2. The van der Waals surface area contributed by atoms with Crippen molar-refractivity contribution in [3.05, 3.63) is 124 Å². The van der Waals surface area contributed by atoms with Gasteiger partial charge in [0.2, 0.25) is 0 Å². The second kappa shape index (κ2) is 10.9. The first kappa shape index (κ1) is 24.0. The molecule has 0 radical (unpaired) electrons. The Morgan fingerprint density at radius 2 is 1.74 bits per heavy atom. The van der Waals surface area contributed by atoms with E-state index >= 15 is 0 Å². The topological polar surface area (TPSA) is 20.2 Å². The maximum Gasteiger partial charge on any atom is 0.174 e. The highest BCUT2D eigenvalue weighted by Gasteiger charge is 2.15. The van der Waals surface area contributed by atoms with Gasteiger partial charge in [0.1, 0.15) is 5.82 Å². The van der Waals surface area contributed by atoms with Gasteiger partial charge in [-0.15, -0.1) is 0 Å². The monoisotopic (exact) mass is 491 g/mol. The molecule has 1 N–H and O–H groups in total. The lowest BCUT2D eigenvalue weighted by Gasteiger charge is -2.27. The molecule has 0 aliphatic heterocycles. The van der Waals surface area contributed by atoms with Crippen LogP contribution >= 0.6 is 23.8 Å². The normalized spacial score (nSPS) is 10.8. The summed E-state index contributed by atoms with van der Waals surface area (Å²) in [6, 6.07) is 25.1. The van der Waals surface area contributed by atoms with Gasteiger partial charge in [0.05, 0.1) is 6.54 Å². The number of nitrogens with zero attached hydrogens (tertiary/aromatic N) is 2. The molecule has 0 saturated heterocycles. The summed E-state index contributed by atoms with van der Waals surface area (Å²) in [7, 11) is 0. The number of nitrogens with one attached hydrogen (secondary N) is 1. The van der Waals surface area contributed by atoms with E-state index in [0.29, 0.717) is 29.8 Å². The van der Waals surface area contributed by atoms with Gasteiger partial charge >= 0.3 is 0 Å². The molecule has 34 heavy (non-hydrogen) atoms. The van der Waals surface area contributed by atoms with Crippen molar-refractivity contribution in [2.45, 2.75) is 33.5 Å². The summed E-state index contributed by atoms with van der Waals surface area (Å²) in [5.41, 5.74) is 6.56. The predicted octanol–water partition coefficient (Wildman–Crippen LogP) is 7.34. The standard InChI is InChI=1S/C28H27ClFN3S/c1-20-10-13-25(15-21(20)2)31-28(34)33(17-22-7-4-3-5-8-22)19-26-9-6-14-32(26)18-23-11-12-24(30)16-27(23)29/h3-16H,17-19H2,1-2H3,(H,31,34). The van der Waals surface area contributed by atoms with Gasteiger partial charge in [-0.3, -0.25) is 0 Å². The third-order valence-electron chi connectivity index (χ3n) is 5.89. The maximum atomic E-state index is 13.5. The zero-order chi connectivity index (χ0) is 24.1. The van der Waals surface area contributed by atoms with E-state index < -0.39 is 0 Å². The molecule has 4 rings (SSSR count). The highest BCUT2D eigenvalue weighted by atomic mass is 35.5. The van der Waals surface area contributed by atoms with Gasteiger partial charge in [0.25, 0.3) is 0 Å². The summed E-state index contributed by atoms with van der Waals surface area (Å²) in [5.74, 6) is -0.335. The van der Waals surface area contributed by atoms with Gasteiger partial charge < -0.3 is 14.8 Å². The van der Waals surface area contributed by atoms with E-state index in [1.165, 1.54) is 28.8 Å². The zero-order valence-electron chi connectivity index (χ0n) is 19.3. The minimum Gasteiger partial charge on any atom is -0.345 e. The predicted molar refractivity (Wildman–Crippen MR) is 143 cm³/mol. The Kier molecular flexibility index (Phi) is 7.66. The Morgan fingerprint density at radius 3 is 2.47 bits per heavy atom. The first-order valence-corrected chi connectivity index (χ1v) is 11.9. The van der Waals surface area contributed by atoms with Gasteiger partial charge in [-0.25, -0.2) is 4.39 Å².